The number of anilines is 1. The molecule has 1 aromatic carbocycles. The summed E-state index contributed by atoms with van der Waals surface area (Å²) in [4.78, 5) is 14.6. The van der Waals surface area contributed by atoms with Crippen molar-refractivity contribution in [3.63, 3.8) is 0 Å². The molecule has 1 amide bonds. The van der Waals surface area contributed by atoms with Gasteiger partial charge in [-0.15, -0.1) is 0 Å². The van der Waals surface area contributed by atoms with E-state index >= 15 is 0 Å². The Bertz CT molecular complexity index is 997. The van der Waals surface area contributed by atoms with Crippen molar-refractivity contribution in [1.82, 2.24) is 19.0 Å². The monoisotopic (exact) mass is 439 g/mol. The molecule has 0 atom stereocenters. The molecule has 10 heteroatoms. The third-order valence-electron chi connectivity index (χ3n) is 5.02. The molecule has 1 aliphatic heterocycles. The molecular formula is C19H26ClN5O3S. The highest BCUT2D eigenvalue weighted by molar-refractivity contribution is 7.89. The Kier molecular flexibility index (Phi) is 6.62. The SMILES string of the molecule is CCn1cc(S(=O)(=O)N2CCN(CC(=O)Nc3cc(Cl)ccc3C)CC2)c(C)n1. The summed E-state index contributed by atoms with van der Waals surface area (Å²) in [7, 11) is -3.58. The number of hydrogen-bond donors (Lipinski definition) is 1. The third kappa shape index (κ3) is 4.98. The second-order valence-electron chi connectivity index (χ2n) is 7.12. The fourth-order valence-corrected chi connectivity index (χ4v) is 5.07. The van der Waals surface area contributed by atoms with Gasteiger partial charge in [-0.05, 0) is 38.5 Å². The number of benzene rings is 1. The van der Waals surface area contributed by atoms with Crippen LogP contribution in [0.15, 0.2) is 29.3 Å². The van der Waals surface area contributed by atoms with Gasteiger partial charge in [-0.2, -0.15) is 9.40 Å². The molecule has 8 nitrogen and oxygen atoms in total. The van der Waals surface area contributed by atoms with Crippen molar-refractivity contribution >= 4 is 33.2 Å². The minimum atomic E-state index is -3.58. The van der Waals surface area contributed by atoms with Gasteiger partial charge in [0, 0.05) is 49.6 Å². The van der Waals surface area contributed by atoms with Gasteiger partial charge in [-0.25, -0.2) is 8.42 Å². The van der Waals surface area contributed by atoms with Gasteiger partial charge in [0.2, 0.25) is 15.9 Å². The normalized spacial score (nSPS) is 16.1. The first kappa shape index (κ1) is 21.8. The van der Waals surface area contributed by atoms with Gasteiger partial charge >= 0.3 is 0 Å². The number of aryl methyl sites for hydroxylation is 3. The largest absolute Gasteiger partial charge is 0.325 e. The molecule has 1 aromatic heterocycles. The van der Waals surface area contributed by atoms with Gasteiger partial charge in [-0.1, -0.05) is 17.7 Å². The quantitative estimate of drug-likeness (QED) is 0.744. The topological polar surface area (TPSA) is 87.5 Å². The van der Waals surface area contributed by atoms with Gasteiger partial charge in [-0.3, -0.25) is 14.4 Å². The summed E-state index contributed by atoms with van der Waals surface area (Å²) in [6.45, 7) is 7.99. The van der Waals surface area contributed by atoms with Crippen molar-refractivity contribution in [3.05, 3.63) is 40.7 Å². The van der Waals surface area contributed by atoms with Crippen LogP contribution in [-0.4, -0.2) is 66.0 Å². The summed E-state index contributed by atoms with van der Waals surface area (Å²) in [5.41, 5.74) is 2.12. The van der Waals surface area contributed by atoms with Crippen molar-refractivity contribution in [2.45, 2.75) is 32.2 Å². The highest BCUT2D eigenvalue weighted by Crippen LogP contribution is 2.22. The maximum Gasteiger partial charge on any atom is 0.246 e. The molecule has 1 fully saturated rings. The van der Waals surface area contributed by atoms with E-state index < -0.39 is 10.0 Å². The average molecular weight is 440 g/mol. The predicted octanol–water partition coefficient (Wildman–Crippen LogP) is 2.12. The molecule has 1 N–H and O–H groups in total. The molecule has 3 rings (SSSR count). The van der Waals surface area contributed by atoms with E-state index in [9.17, 15) is 13.2 Å². The smallest absolute Gasteiger partial charge is 0.246 e. The van der Waals surface area contributed by atoms with Crippen LogP contribution in [0.1, 0.15) is 18.2 Å². The Hall–Kier alpha value is -1.94. The van der Waals surface area contributed by atoms with E-state index in [1.165, 1.54) is 4.31 Å². The van der Waals surface area contributed by atoms with Crippen LogP contribution < -0.4 is 5.32 Å². The Labute approximate surface area is 176 Å². The van der Waals surface area contributed by atoms with Gasteiger partial charge in [0.05, 0.1) is 12.2 Å². The van der Waals surface area contributed by atoms with Crippen molar-refractivity contribution in [2.75, 3.05) is 38.0 Å². The summed E-state index contributed by atoms with van der Waals surface area (Å²) in [5.74, 6) is -0.147. The van der Waals surface area contributed by atoms with Gasteiger partial charge in [0.1, 0.15) is 4.90 Å². The minimum absolute atomic E-state index is 0.147. The van der Waals surface area contributed by atoms with Gasteiger partial charge in [0.25, 0.3) is 0 Å². The second kappa shape index (κ2) is 8.83. The number of hydrogen-bond acceptors (Lipinski definition) is 5. The zero-order valence-corrected chi connectivity index (χ0v) is 18.4. The molecule has 0 spiro atoms. The van der Waals surface area contributed by atoms with E-state index in [0.717, 1.165) is 5.56 Å². The fourth-order valence-electron chi connectivity index (χ4n) is 3.30. The van der Waals surface area contributed by atoms with Crippen LogP contribution in [0.3, 0.4) is 0 Å². The second-order valence-corrected chi connectivity index (χ2v) is 9.46. The van der Waals surface area contributed by atoms with Crippen LogP contribution in [0.4, 0.5) is 5.69 Å². The van der Waals surface area contributed by atoms with Crippen molar-refractivity contribution in [1.29, 1.82) is 0 Å². The summed E-state index contributed by atoms with van der Waals surface area (Å²) < 4.78 is 29.0. The Morgan fingerprint density at radius 2 is 1.90 bits per heavy atom. The number of rotatable bonds is 6. The highest BCUT2D eigenvalue weighted by Gasteiger charge is 2.31. The first-order valence-corrected chi connectivity index (χ1v) is 11.3. The summed E-state index contributed by atoms with van der Waals surface area (Å²) in [5, 5.41) is 7.67. The number of carbonyl (C=O) groups excluding carboxylic acids is 1. The summed E-state index contributed by atoms with van der Waals surface area (Å²) in [6, 6.07) is 5.35. The van der Waals surface area contributed by atoms with Crippen LogP contribution in [0.5, 0.6) is 0 Å². The highest BCUT2D eigenvalue weighted by atomic mass is 35.5. The van der Waals surface area contributed by atoms with E-state index in [0.29, 0.717) is 49.1 Å². The predicted molar refractivity (Wildman–Crippen MR) is 113 cm³/mol. The lowest BCUT2D eigenvalue weighted by molar-refractivity contribution is -0.117. The molecule has 0 radical (unpaired) electrons. The summed E-state index contributed by atoms with van der Waals surface area (Å²) in [6.07, 6.45) is 1.58. The third-order valence-corrected chi connectivity index (χ3v) is 7.25. The number of aromatic nitrogens is 2. The van der Waals surface area contributed by atoms with E-state index in [4.69, 9.17) is 11.6 Å². The lowest BCUT2D eigenvalue weighted by Crippen LogP contribution is -2.50. The molecule has 158 valence electrons. The first-order valence-electron chi connectivity index (χ1n) is 9.53. The molecular weight excluding hydrogens is 414 g/mol. The number of halogens is 1. The Morgan fingerprint density at radius 1 is 1.21 bits per heavy atom. The molecule has 0 unspecified atom stereocenters. The van der Waals surface area contributed by atoms with Crippen LogP contribution in [0.25, 0.3) is 0 Å². The molecule has 0 bridgehead atoms. The number of sulfonamides is 1. The van der Waals surface area contributed by atoms with E-state index in [2.05, 4.69) is 10.4 Å². The van der Waals surface area contributed by atoms with Crippen molar-refractivity contribution in [2.24, 2.45) is 0 Å². The van der Waals surface area contributed by atoms with Crippen LogP contribution in [0, 0.1) is 13.8 Å². The number of carbonyl (C=O) groups is 1. The van der Waals surface area contributed by atoms with Gasteiger partial charge in [0.15, 0.2) is 0 Å². The van der Waals surface area contributed by atoms with Crippen LogP contribution in [0.2, 0.25) is 5.02 Å². The number of nitrogens with zero attached hydrogens (tertiary/aromatic N) is 4. The lowest BCUT2D eigenvalue weighted by atomic mass is 10.2. The molecule has 1 aliphatic rings. The zero-order valence-electron chi connectivity index (χ0n) is 16.9. The zero-order chi connectivity index (χ0) is 21.2. The average Bonchev–Trinajstić information content (AvgIpc) is 3.07. The first-order chi connectivity index (χ1) is 13.7. The van der Waals surface area contributed by atoms with E-state index in [-0.39, 0.29) is 17.3 Å². The molecule has 2 aromatic rings. The minimum Gasteiger partial charge on any atom is -0.325 e. The fraction of sp³-hybridized carbons (Fsp3) is 0.474. The molecule has 0 saturated carbocycles. The number of nitrogens with one attached hydrogen (secondary N) is 1. The van der Waals surface area contributed by atoms with Crippen molar-refractivity contribution in [3.8, 4) is 0 Å². The molecule has 2 heterocycles. The number of amides is 1. The van der Waals surface area contributed by atoms with Crippen LogP contribution >= 0.6 is 11.6 Å². The van der Waals surface area contributed by atoms with Gasteiger partial charge < -0.3 is 5.32 Å². The molecule has 1 saturated heterocycles. The Morgan fingerprint density at radius 3 is 2.52 bits per heavy atom. The molecule has 0 aliphatic carbocycles. The lowest BCUT2D eigenvalue weighted by Gasteiger charge is -2.33. The standard InChI is InChI=1S/C19H26ClN5O3S/c1-4-24-12-18(15(3)22-24)29(27,28)25-9-7-23(8-10-25)13-19(26)21-17-11-16(20)6-5-14(17)2/h5-6,11-12H,4,7-10,13H2,1-3H3,(H,21,26). The summed E-state index contributed by atoms with van der Waals surface area (Å²) >= 11 is 5.99. The van der Waals surface area contributed by atoms with Crippen molar-refractivity contribution < 1.29 is 13.2 Å². The van der Waals surface area contributed by atoms with E-state index in [1.807, 2.05) is 24.8 Å². The Balaban J connectivity index is 1.58. The number of piperazine rings is 1. The van der Waals surface area contributed by atoms with Crippen LogP contribution in [-0.2, 0) is 21.4 Å². The maximum absolute atomic E-state index is 12.9. The van der Waals surface area contributed by atoms with E-state index in [1.54, 1.807) is 29.9 Å². The maximum atomic E-state index is 12.9. The molecule has 29 heavy (non-hydrogen) atoms.